The van der Waals surface area contributed by atoms with Gasteiger partial charge in [0.05, 0.1) is 20.4 Å². The molecule has 1 amide bonds. The van der Waals surface area contributed by atoms with Gasteiger partial charge < -0.3 is 19.3 Å². The summed E-state index contributed by atoms with van der Waals surface area (Å²) in [5, 5.41) is 6.47. The number of ether oxygens (including phenoxy) is 2. The van der Waals surface area contributed by atoms with Gasteiger partial charge in [-0.3, -0.25) is 9.78 Å². The fourth-order valence-corrected chi connectivity index (χ4v) is 2.27. The number of methoxy groups -OCH3 is 2. The lowest BCUT2D eigenvalue weighted by Gasteiger charge is -2.09. The molecule has 9 nitrogen and oxygen atoms in total. The Balaban J connectivity index is 1.57. The van der Waals surface area contributed by atoms with Gasteiger partial charge in [0.25, 0.3) is 0 Å². The van der Waals surface area contributed by atoms with Gasteiger partial charge in [-0.05, 0) is 24.1 Å². The highest BCUT2D eigenvalue weighted by molar-refractivity contribution is 5.89. The number of rotatable bonds is 7. The molecular formula is C17H17N5O4. The highest BCUT2D eigenvalue weighted by atomic mass is 16.5. The Hall–Kier alpha value is -3.49. The summed E-state index contributed by atoms with van der Waals surface area (Å²) in [6, 6.07) is 5.59. The van der Waals surface area contributed by atoms with Crippen molar-refractivity contribution in [2.24, 2.45) is 0 Å². The van der Waals surface area contributed by atoms with Crippen LogP contribution in [-0.4, -0.2) is 46.8 Å². The molecule has 0 bridgehead atoms. The average molecular weight is 355 g/mol. The molecule has 0 radical (unpaired) electrons. The van der Waals surface area contributed by atoms with Gasteiger partial charge in [-0.1, -0.05) is 11.2 Å². The third-order valence-electron chi connectivity index (χ3n) is 3.56. The lowest BCUT2D eigenvalue weighted by atomic mass is 10.1. The number of carbonyl (C=O) groups excluding carboxylic acids is 1. The first-order valence-electron chi connectivity index (χ1n) is 7.80. The average Bonchev–Trinajstić information content (AvgIpc) is 3.19. The van der Waals surface area contributed by atoms with Crippen molar-refractivity contribution in [2.45, 2.75) is 6.42 Å². The van der Waals surface area contributed by atoms with Crippen molar-refractivity contribution in [2.75, 3.05) is 20.8 Å². The molecule has 134 valence electrons. The summed E-state index contributed by atoms with van der Waals surface area (Å²) >= 11 is 0. The van der Waals surface area contributed by atoms with Crippen LogP contribution in [0.25, 0.3) is 11.5 Å². The molecule has 0 aliphatic heterocycles. The Morgan fingerprint density at radius 3 is 2.77 bits per heavy atom. The lowest BCUT2D eigenvalue weighted by Crippen LogP contribution is -2.26. The molecule has 0 aliphatic carbocycles. The van der Waals surface area contributed by atoms with Gasteiger partial charge in [-0.15, -0.1) is 0 Å². The van der Waals surface area contributed by atoms with E-state index in [-0.39, 0.29) is 11.7 Å². The van der Waals surface area contributed by atoms with E-state index in [1.807, 2.05) is 18.2 Å². The second-order valence-electron chi connectivity index (χ2n) is 5.21. The monoisotopic (exact) mass is 355 g/mol. The molecule has 0 aliphatic rings. The van der Waals surface area contributed by atoms with Crippen LogP contribution >= 0.6 is 0 Å². The highest BCUT2D eigenvalue weighted by Crippen LogP contribution is 2.27. The van der Waals surface area contributed by atoms with Gasteiger partial charge >= 0.3 is 11.8 Å². The Kier molecular flexibility index (Phi) is 5.37. The van der Waals surface area contributed by atoms with Gasteiger partial charge in [0.15, 0.2) is 11.5 Å². The normalized spacial score (nSPS) is 10.4. The van der Waals surface area contributed by atoms with E-state index in [4.69, 9.17) is 14.0 Å². The van der Waals surface area contributed by atoms with Crippen molar-refractivity contribution < 1.29 is 18.8 Å². The van der Waals surface area contributed by atoms with Crippen molar-refractivity contribution in [3.63, 3.8) is 0 Å². The minimum absolute atomic E-state index is 0.127. The largest absolute Gasteiger partial charge is 0.493 e. The summed E-state index contributed by atoms with van der Waals surface area (Å²) in [6.07, 6.45) is 5.14. The number of hydrogen-bond donors (Lipinski definition) is 1. The molecule has 1 N–H and O–H groups in total. The molecule has 26 heavy (non-hydrogen) atoms. The molecule has 0 saturated heterocycles. The van der Waals surface area contributed by atoms with Crippen molar-refractivity contribution >= 4 is 5.91 Å². The third-order valence-corrected chi connectivity index (χ3v) is 3.56. The smallest absolute Gasteiger partial charge is 0.316 e. The topological polar surface area (TPSA) is 112 Å². The fraction of sp³-hybridized carbons (Fsp3) is 0.235. The van der Waals surface area contributed by atoms with Gasteiger partial charge in [-0.25, -0.2) is 4.98 Å². The highest BCUT2D eigenvalue weighted by Gasteiger charge is 2.16. The maximum Gasteiger partial charge on any atom is 0.316 e. The molecule has 2 aromatic heterocycles. The van der Waals surface area contributed by atoms with E-state index in [0.717, 1.165) is 5.56 Å². The summed E-state index contributed by atoms with van der Waals surface area (Å²) in [5.41, 5.74) is 1.43. The van der Waals surface area contributed by atoms with Gasteiger partial charge in [0.2, 0.25) is 5.82 Å². The second-order valence-corrected chi connectivity index (χ2v) is 5.21. The van der Waals surface area contributed by atoms with E-state index in [0.29, 0.717) is 30.2 Å². The molecule has 0 atom stereocenters. The van der Waals surface area contributed by atoms with Gasteiger partial charge in [-0.2, -0.15) is 4.98 Å². The fourth-order valence-electron chi connectivity index (χ4n) is 2.27. The molecule has 0 fully saturated rings. The predicted molar refractivity (Wildman–Crippen MR) is 90.9 cm³/mol. The zero-order valence-electron chi connectivity index (χ0n) is 14.3. The number of nitrogens with one attached hydrogen (secondary N) is 1. The van der Waals surface area contributed by atoms with E-state index in [9.17, 15) is 4.79 Å². The SMILES string of the molecule is COc1ccc(CCNC(=O)c2nc(-c3cnccn3)no2)cc1OC. The summed E-state index contributed by atoms with van der Waals surface area (Å²) in [6.45, 7) is 0.400. The van der Waals surface area contributed by atoms with E-state index in [2.05, 4.69) is 25.4 Å². The van der Waals surface area contributed by atoms with Crippen molar-refractivity contribution in [3.8, 4) is 23.0 Å². The molecule has 0 unspecified atom stereocenters. The molecule has 1 aromatic carbocycles. The standard InChI is InChI=1S/C17H17N5O4/c1-24-13-4-3-11(9-14(13)25-2)5-6-20-16(23)17-21-15(22-26-17)12-10-18-7-8-19-12/h3-4,7-10H,5-6H2,1-2H3,(H,20,23). The number of nitrogens with zero attached hydrogens (tertiary/aromatic N) is 4. The van der Waals surface area contributed by atoms with Crippen LogP contribution in [0.15, 0.2) is 41.3 Å². The van der Waals surface area contributed by atoms with Crippen LogP contribution in [0, 0.1) is 0 Å². The van der Waals surface area contributed by atoms with Gasteiger partial charge in [0.1, 0.15) is 5.69 Å². The Labute approximate surface area is 149 Å². The quantitative estimate of drug-likeness (QED) is 0.679. The third kappa shape index (κ3) is 3.94. The number of amides is 1. The maximum atomic E-state index is 12.1. The molecular weight excluding hydrogens is 338 g/mol. The van der Waals surface area contributed by atoms with E-state index in [1.165, 1.54) is 18.6 Å². The lowest BCUT2D eigenvalue weighted by molar-refractivity contribution is 0.0910. The van der Waals surface area contributed by atoms with Crippen LogP contribution in [0.1, 0.15) is 16.2 Å². The number of hydrogen-bond acceptors (Lipinski definition) is 8. The van der Waals surface area contributed by atoms with Crippen LogP contribution in [0.5, 0.6) is 11.5 Å². The van der Waals surface area contributed by atoms with Crippen molar-refractivity contribution in [1.82, 2.24) is 25.4 Å². The predicted octanol–water partition coefficient (Wildman–Crippen LogP) is 1.52. The Morgan fingerprint density at radius 1 is 1.19 bits per heavy atom. The minimum Gasteiger partial charge on any atom is -0.493 e. The number of carbonyl (C=O) groups is 1. The number of benzene rings is 1. The van der Waals surface area contributed by atoms with Crippen molar-refractivity contribution in [1.29, 1.82) is 0 Å². The zero-order valence-corrected chi connectivity index (χ0v) is 14.3. The second kappa shape index (κ2) is 8.06. The Bertz CT molecular complexity index is 882. The zero-order chi connectivity index (χ0) is 18.4. The molecule has 3 aromatic rings. The molecule has 2 heterocycles. The van der Waals surface area contributed by atoms with E-state index < -0.39 is 5.91 Å². The number of aromatic nitrogens is 4. The molecule has 0 spiro atoms. The van der Waals surface area contributed by atoms with E-state index in [1.54, 1.807) is 14.2 Å². The Morgan fingerprint density at radius 2 is 2.04 bits per heavy atom. The maximum absolute atomic E-state index is 12.1. The van der Waals surface area contributed by atoms with Crippen molar-refractivity contribution in [3.05, 3.63) is 48.2 Å². The van der Waals surface area contributed by atoms with Crippen LogP contribution in [-0.2, 0) is 6.42 Å². The minimum atomic E-state index is -0.451. The first-order chi connectivity index (χ1) is 12.7. The first-order valence-corrected chi connectivity index (χ1v) is 7.80. The van der Waals surface area contributed by atoms with Gasteiger partial charge in [0, 0.05) is 18.9 Å². The van der Waals surface area contributed by atoms with Crippen LogP contribution in [0.4, 0.5) is 0 Å². The summed E-state index contributed by atoms with van der Waals surface area (Å²) in [5.74, 6) is 0.929. The summed E-state index contributed by atoms with van der Waals surface area (Å²) in [7, 11) is 3.16. The summed E-state index contributed by atoms with van der Waals surface area (Å²) in [4.78, 5) is 24.1. The summed E-state index contributed by atoms with van der Waals surface area (Å²) < 4.78 is 15.4. The van der Waals surface area contributed by atoms with Crippen LogP contribution in [0.3, 0.4) is 0 Å². The molecule has 3 rings (SSSR count). The first kappa shape index (κ1) is 17.3. The molecule has 0 saturated carbocycles. The van der Waals surface area contributed by atoms with Crippen LogP contribution in [0.2, 0.25) is 0 Å². The van der Waals surface area contributed by atoms with E-state index >= 15 is 0 Å². The molecule has 9 heteroatoms. The van der Waals surface area contributed by atoms with Crippen LogP contribution < -0.4 is 14.8 Å².